The Balaban J connectivity index is 2.01. The molecular weight excluding hydrogens is 314 g/mol. The van der Waals surface area contributed by atoms with E-state index in [1.54, 1.807) is 0 Å². The normalized spacial score (nSPS) is 17.8. The Bertz CT molecular complexity index is 552. The lowest BCUT2D eigenvalue weighted by molar-refractivity contribution is 0.0676. The maximum Gasteiger partial charge on any atom is 0.191 e. The number of nitrogens with zero attached hydrogens (tertiary/aromatic N) is 1. The molecule has 0 aromatic heterocycles. The molecule has 2 N–H and O–H groups in total. The molecule has 1 fully saturated rings. The van der Waals surface area contributed by atoms with E-state index < -0.39 is 0 Å². The van der Waals surface area contributed by atoms with E-state index in [2.05, 4.69) is 56.5 Å². The smallest absolute Gasteiger partial charge is 0.191 e. The first-order chi connectivity index (χ1) is 12.1. The van der Waals surface area contributed by atoms with Gasteiger partial charge in [-0.25, -0.2) is 4.99 Å². The molecule has 140 valence electrons. The number of aryl methyl sites for hydroxylation is 1. The standard InChI is InChI=1S/C20H33N3O2/c1-5-21-20(22-12-15(2)3)23-13-17-9-8-16(4)11-19(17)25-14-18-7-6-10-24-18/h8-9,11,15,18H,5-7,10,12-14H2,1-4H3,(H2,21,22,23). The van der Waals surface area contributed by atoms with Gasteiger partial charge in [0.25, 0.3) is 0 Å². The van der Waals surface area contributed by atoms with E-state index in [4.69, 9.17) is 14.5 Å². The van der Waals surface area contributed by atoms with Crippen LogP contribution < -0.4 is 15.4 Å². The van der Waals surface area contributed by atoms with Crippen LogP contribution in [0.15, 0.2) is 23.2 Å². The van der Waals surface area contributed by atoms with Crippen LogP contribution in [0.4, 0.5) is 0 Å². The van der Waals surface area contributed by atoms with Gasteiger partial charge in [0.15, 0.2) is 5.96 Å². The molecule has 1 aromatic rings. The maximum atomic E-state index is 6.06. The van der Waals surface area contributed by atoms with Gasteiger partial charge >= 0.3 is 0 Å². The van der Waals surface area contributed by atoms with Crippen LogP contribution in [0.2, 0.25) is 0 Å². The van der Waals surface area contributed by atoms with Crippen LogP contribution in [0.1, 0.15) is 44.7 Å². The molecule has 5 nitrogen and oxygen atoms in total. The van der Waals surface area contributed by atoms with Crippen molar-refractivity contribution in [2.45, 2.75) is 53.2 Å². The summed E-state index contributed by atoms with van der Waals surface area (Å²) in [6.45, 7) is 12.4. The topological polar surface area (TPSA) is 54.9 Å². The summed E-state index contributed by atoms with van der Waals surface area (Å²) < 4.78 is 11.7. The van der Waals surface area contributed by atoms with Gasteiger partial charge in [-0.3, -0.25) is 0 Å². The molecular formula is C20H33N3O2. The molecule has 1 saturated heterocycles. The summed E-state index contributed by atoms with van der Waals surface area (Å²) in [5, 5.41) is 6.67. The van der Waals surface area contributed by atoms with Crippen LogP contribution in [0, 0.1) is 12.8 Å². The number of hydrogen-bond donors (Lipinski definition) is 2. The number of guanidine groups is 1. The summed E-state index contributed by atoms with van der Waals surface area (Å²) in [5.74, 6) is 2.34. The second-order valence-electron chi connectivity index (χ2n) is 7.03. The Kier molecular flexibility index (Phi) is 8.06. The molecule has 1 heterocycles. The summed E-state index contributed by atoms with van der Waals surface area (Å²) in [6, 6.07) is 6.31. The first-order valence-electron chi connectivity index (χ1n) is 9.44. The van der Waals surface area contributed by atoms with Crippen LogP contribution >= 0.6 is 0 Å². The summed E-state index contributed by atoms with van der Waals surface area (Å²) in [7, 11) is 0. The number of ether oxygens (including phenoxy) is 2. The minimum atomic E-state index is 0.224. The van der Waals surface area contributed by atoms with E-state index in [0.29, 0.717) is 19.1 Å². The second-order valence-corrected chi connectivity index (χ2v) is 7.03. The number of rotatable bonds is 8. The SMILES string of the molecule is CCNC(=NCc1ccc(C)cc1OCC1CCCO1)NCC(C)C. The Morgan fingerprint density at radius 2 is 2.20 bits per heavy atom. The van der Waals surface area contributed by atoms with Gasteiger partial charge in [-0.15, -0.1) is 0 Å². The van der Waals surface area contributed by atoms with E-state index >= 15 is 0 Å². The van der Waals surface area contributed by atoms with Crippen molar-refractivity contribution in [2.75, 3.05) is 26.3 Å². The average Bonchev–Trinajstić information content (AvgIpc) is 3.10. The minimum Gasteiger partial charge on any atom is -0.491 e. The molecule has 0 bridgehead atoms. The van der Waals surface area contributed by atoms with Gasteiger partial charge in [-0.05, 0) is 44.2 Å². The average molecular weight is 348 g/mol. The molecule has 2 rings (SSSR count). The van der Waals surface area contributed by atoms with Gasteiger partial charge in [0.1, 0.15) is 12.4 Å². The summed E-state index contributed by atoms with van der Waals surface area (Å²) in [5.41, 5.74) is 2.30. The van der Waals surface area contributed by atoms with E-state index in [0.717, 1.165) is 49.8 Å². The monoisotopic (exact) mass is 347 g/mol. The highest BCUT2D eigenvalue weighted by Crippen LogP contribution is 2.23. The van der Waals surface area contributed by atoms with Gasteiger partial charge in [-0.1, -0.05) is 26.0 Å². The Hall–Kier alpha value is -1.75. The number of hydrogen-bond acceptors (Lipinski definition) is 3. The van der Waals surface area contributed by atoms with E-state index in [1.165, 1.54) is 5.56 Å². The van der Waals surface area contributed by atoms with E-state index in [-0.39, 0.29) is 6.10 Å². The van der Waals surface area contributed by atoms with Crippen molar-refractivity contribution < 1.29 is 9.47 Å². The van der Waals surface area contributed by atoms with Gasteiger partial charge < -0.3 is 20.1 Å². The summed E-state index contributed by atoms with van der Waals surface area (Å²) in [4.78, 5) is 4.71. The Labute approximate surface area is 152 Å². The number of nitrogens with one attached hydrogen (secondary N) is 2. The third-order valence-electron chi connectivity index (χ3n) is 4.10. The highest BCUT2D eigenvalue weighted by atomic mass is 16.5. The summed E-state index contributed by atoms with van der Waals surface area (Å²) in [6.07, 6.45) is 2.44. The molecule has 1 aliphatic rings. The van der Waals surface area contributed by atoms with Crippen LogP contribution in [0.5, 0.6) is 5.75 Å². The van der Waals surface area contributed by atoms with Crippen LogP contribution in [-0.2, 0) is 11.3 Å². The predicted octanol–water partition coefficient (Wildman–Crippen LogP) is 3.26. The van der Waals surface area contributed by atoms with Crippen LogP contribution in [0.25, 0.3) is 0 Å². The van der Waals surface area contributed by atoms with Crippen LogP contribution in [-0.4, -0.2) is 38.4 Å². The van der Waals surface area contributed by atoms with E-state index in [1.807, 2.05) is 0 Å². The minimum absolute atomic E-state index is 0.224. The van der Waals surface area contributed by atoms with Crippen molar-refractivity contribution in [3.63, 3.8) is 0 Å². The fraction of sp³-hybridized carbons (Fsp3) is 0.650. The number of benzene rings is 1. The van der Waals surface area contributed by atoms with E-state index in [9.17, 15) is 0 Å². The maximum absolute atomic E-state index is 6.06. The molecule has 25 heavy (non-hydrogen) atoms. The lowest BCUT2D eigenvalue weighted by atomic mass is 10.1. The molecule has 1 unspecified atom stereocenters. The summed E-state index contributed by atoms with van der Waals surface area (Å²) >= 11 is 0. The molecule has 5 heteroatoms. The largest absolute Gasteiger partial charge is 0.491 e. The van der Waals surface area contributed by atoms with Gasteiger partial charge in [0, 0.05) is 25.3 Å². The third kappa shape index (κ3) is 6.94. The molecule has 0 saturated carbocycles. The molecule has 0 spiro atoms. The molecule has 1 aromatic carbocycles. The lowest BCUT2D eigenvalue weighted by Gasteiger charge is -2.16. The van der Waals surface area contributed by atoms with Gasteiger partial charge in [0.2, 0.25) is 0 Å². The first-order valence-corrected chi connectivity index (χ1v) is 9.44. The Morgan fingerprint density at radius 3 is 2.88 bits per heavy atom. The van der Waals surface area contributed by atoms with Gasteiger partial charge in [0.05, 0.1) is 12.6 Å². The van der Waals surface area contributed by atoms with Crippen molar-refractivity contribution in [3.05, 3.63) is 29.3 Å². The van der Waals surface area contributed by atoms with Gasteiger partial charge in [-0.2, -0.15) is 0 Å². The third-order valence-corrected chi connectivity index (χ3v) is 4.10. The second kappa shape index (κ2) is 10.3. The quantitative estimate of drug-likeness (QED) is 0.560. The first kappa shape index (κ1) is 19.6. The molecule has 1 atom stereocenters. The van der Waals surface area contributed by atoms with Crippen molar-refractivity contribution in [2.24, 2.45) is 10.9 Å². The highest BCUT2D eigenvalue weighted by molar-refractivity contribution is 5.79. The molecule has 0 radical (unpaired) electrons. The molecule has 1 aliphatic heterocycles. The van der Waals surface area contributed by atoms with Crippen molar-refractivity contribution in [1.82, 2.24) is 10.6 Å². The lowest BCUT2D eigenvalue weighted by Crippen LogP contribution is -2.39. The van der Waals surface area contributed by atoms with Crippen LogP contribution in [0.3, 0.4) is 0 Å². The van der Waals surface area contributed by atoms with Crippen molar-refractivity contribution >= 4 is 5.96 Å². The highest BCUT2D eigenvalue weighted by Gasteiger charge is 2.17. The predicted molar refractivity (Wildman–Crippen MR) is 103 cm³/mol. The Morgan fingerprint density at radius 1 is 1.36 bits per heavy atom. The fourth-order valence-electron chi connectivity index (χ4n) is 2.69. The van der Waals surface area contributed by atoms with Crippen molar-refractivity contribution in [3.8, 4) is 5.75 Å². The molecule has 0 amide bonds. The zero-order valence-electron chi connectivity index (χ0n) is 16.1. The zero-order chi connectivity index (χ0) is 18.1. The fourth-order valence-corrected chi connectivity index (χ4v) is 2.69. The molecule has 0 aliphatic carbocycles. The van der Waals surface area contributed by atoms with Crippen molar-refractivity contribution in [1.29, 1.82) is 0 Å². The number of aliphatic imine (C=N–C) groups is 1. The zero-order valence-corrected chi connectivity index (χ0v) is 16.1.